The van der Waals surface area contributed by atoms with Gasteiger partial charge in [-0.05, 0) is 43.9 Å². The van der Waals surface area contributed by atoms with Gasteiger partial charge in [0.1, 0.15) is 6.04 Å². The number of ether oxygens (including phenoxy) is 1. The van der Waals surface area contributed by atoms with Crippen LogP contribution in [0.15, 0.2) is 30.3 Å². The minimum Gasteiger partial charge on any atom is -0.465 e. The van der Waals surface area contributed by atoms with Crippen LogP contribution in [0, 0.1) is 0 Å². The molecule has 1 atom stereocenters. The number of unbranched alkanes of at least 4 members (excludes halogenated alkanes) is 3. The monoisotopic (exact) mass is 309 g/mol. The summed E-state index contributed by atoms with van der Waals surface area (Å²) < 4.78 is 5.16. The molecule has 3 nitrogen and oxygen atoms in total. The van der Waals surface area contributed by atoms with Crippen LogP contribution in [0.2, 0.25) is 0 Å². The van der Waals surface area contributed by atoms with Gasteiger partial charge in [-0.1, -0.05) is 43.2 Å². The number of carbonyl (C=O) groups is 1. The van der Waals surface area contributed by atoms with Crippen molar-refractivity contribution in [1.82, 2.24) is 5.32 Å². The molecule has 1 unspecified atom stereocenters. The number of hydrogen-bond donors (Lipinski definition) is 1. The molecule has 0 fully saturated rings. The van der Waals surface area contributed by atoms with E-state index in [1.807, 2.05) is 49.0 Å². The van der Waals surface area contributed by atoms with Crippen LogP contribution < -0.4 is 5.32 Å². The molecule has 0 bridgehead atoms. The van der Waals surface area contributed by atoms with Crippen molar-refractivity contribution in [3.8, 4) is 0 Å². The Morgan fingerprint density at radius 2 is 1.90 bits per heavy atom. The predicted octanol–water partition coefficient (Wildman–Crippen LogP) is 3.80. The molecular formula is C17H27NO2S. The van der Waals surface area contributed by atoms with E-state index < -0.39 is 0 Å². The fourth-order valence-corrected chi connectivity index (χ4v) is 2.67. The van der Waals surface area contributed by atoms with Crippen LogP contribution in [0.5, 0.6) is 0 Å². The summed E-state index contributed by atoms with van der Waals surface area (Å²) in [5.41, 5.74) is 0.971. The summed E-state index contributed by atoms with van der Waals surface area (Å²) >= 11 is 1.90. The lowest BCUT2D eigenvalue weighted by molar-refractivity contribution is -0.145. The highest BCUT2D eigenvalue weighted by molar-refractivity contribution is 7.98. The molecule has 0 heterocycles. The molecule has 1 aromatic carbocycles. The first-order valence-corrected chi connectivity index (χ1v) is 9.13. The van der Waals surface area contributed by atoms with Crippen molar-refractivity contribution >= 4 is 17.7 Å². The first-order valence-electron chi connectivity index (χ1n) is 7.73. The Labute approximate surface area is 132 Å². The normalized spacial score (nSPS) is 12.1. The predicted molar refractivity (Wildman–Crippen MR) is 90.7 cm³/mol. The zero-order valence-electron chi connectivity index (χ0n) is 13.1. The lowest BCUT2D eigenvalue weighted by Gasteiger charge is -2.17. The fraction of sp³-hybridized carbons (Fsp3) is 0.588. The lowest BCUT2D eigenvalue weighted by atomic mass is 10.1. The average Bonchev–Trinajstić information content (AvgIpc) is 2.51. The lowest BCUT2D eigenvalue weighted by Crippen LogP contribution is -2.31. The van der Waals surface area contributed by atoms with E-state index in [9.17, 15) is 4.79 Å². The smallest absolute Gasteiger partial charge is 0.327 e. The molecule has 1 rings (SSSR count). The number of thioether (sulfide) groups is 1. The van der Waals surface area contributed by atoms with Gasteiger partial charge in [0, 0.05) is 0 Å². The third-order valence-electron chi connectivity index (χ3n) is 3.28. The number of esters is 1. The second kappa shape index (κ2) is 11.6. The molecule has 21 heavy (non-hydrogen) atoms. The van der Waals surface area contributed by atoms with Gasteiger partial charge in [0.2, 0.25) is 0 Å². The Morgan fingerprint density at radius 1 is 1.19 bits per heavy atom. The van der Waals surface area contributed by atoms with E-state index >= 15 is 0 Å². The van der Waals surface area contributed by atoms with Crippen LogP contribution in [0.3, 0.4) is 0 Å². The number of hydrogen-bond acceptors (Lipinski definition) is 4. The topological polar surface area (TPSA) is 38.3 Å². The number of benzene rings is 1. The minimum absolute atomic E-state index is 0.189. The average molecular weight is 309 g/mol. The summed E-state index contributed by atoms with van der Waals surface area (Å²) in [6.07, 6.45) is 6.99. The van der Waals surface area contributed by atoms with Gasteiger partial charge < -0.3 is 10.1 Å². The Bertz CT molecular complexity index is 384. The molecule has 118 valence electrons. The molecule has 0 amide bonds. The molecule has 0 aliphatic carbocycles. The number of carbonyl (C=O) groups excluding carboxylic acids is 1. The van der Waals surface area contributed by atoms with Crippen molar-refractivity contribution < 1.29 is 9.53 Å². The van der Waals surface area contributed by atoms with E-state index in [2.05, 4.69) is 11.6 Å². The summed E-state index contributed by atoms with van der Waals surface area (Å²) in [6, 6.07) is 9.44. The van der Waals surface area contributed by atoms with Crippen LogP contribution in [0.1, 0.15) is 44.2 Å². The van der Waals surface area contributed by atoms with E-state index in [-0.39, 0.29) is 12.0 Å². The van der Waals surface area contributed by atoms with Crippen LogP contribution in [-0.4, -0.2) is 31.1 Å². The molecule has 4 heteroatoms. The molecular weight excluding hydrogens is 282 g/mol. The van der Waals surface area contributed by atoms with Crippen LogP contribution in [0.25, 0.3) is 0 Å². The Hall–Kier alpha value is -1.00. The number of rotatable bonds is 11. The molecule has 0 spiro atoms. The second-order valence-electron chi connectivity index (χ2n) is 4.96. The van der Waals surface area contributed by atoms with Crippen molar-refractivity contribution in [3.63, 3.8) is 0 Å². The van der Waals surface area contributed by atoms with Gasteiger partial charge in [-0.15, -0.1) is 0 Å². The van der Waals surface area contributed by atoms with Crippen molar-refractivity contribution in [1.29, 1.82) is 0 Å². The summed E-state index contributed by atoms with van der Waals surface area (Å²) in [5.74, 6) is 1.05. The molecule has 1 N–H and O–H groups in total. The van der Waals surface area contributed by atoms with E-state index in [1.165, 1.54) is 25.0 Å². The van der Waals surface area contributed by atoms with E-state index in [0.717, 1.165) is 18.5 Å². The largest absolute Gasteiger partial charge is 0.465 e. The van der Waals surface area contributed by atoms with Crippen molar-refractivity contribution in [2.75, 3.05) is 25.2 Å². The van der Waals surface area contributed by atoms with Gasteiger partial charge in [0.25, 0.3) is 0 Å². The summed E-state index contributed by atoms with van der Waals surface area (Å²) in [5, 5.41) is 3.33. The van der Waals surface area contributed by atoms with E-state index in [4.69, 9.17) is 4.74 Å². The zero-order chi connectivity index (χ0) is 15.3. The molecule has 1 aromatic rings. The first-order chi connectivity index (χ1) is 10.3. The van der Waals surface area contributed by atoms with Gasteiger partial charge >= 0.3 is 5.97 Å². The molecule has 0 saturated heterocycles. The third-order valence-corrected chi connectivity index (χ3v) is 3.98. The highest BCUT2D eigenvalue weighted by Gasteiger charge is 2.20. The van der Waals surface area contributed by atoms with Gasteiger partial charge in [0.05, 0.1) is 6.61 Å². The quantitative estimate of drug-likeness (QED) is 0.498. The Morgan fingerprint density at radius 3 is 2.57 bits per heavy atom. The number of nitrogens with one attached hydrogen (secondary N) is 1. The van der Waals surface area contributed by atoms with Crippen LogP contribution >= 0.6 is 11.8 Å². The molecule has 0 aliphatic heterocycles. The highest BCUT2D eigenvalue weighted by Crippen LogP contribution is 2.14. The van der Waals surface area contributed by atoms with E-state index in [0.29, 0.717) is 6.61 Å². The fourth-order valence-electron chi connectivity index (χ4n) is 2.18. The van der Waals surface area contributed by atoms with Gasteiger partial charge in [-0.2, -0.15) is 11.8 Å². The maximum atomic E-state index is 12.1. The third kappa shape index (κ3) is 7.53. The maximum Gasteiger partial charge on any atom is 0.327 e. The molecule has 0 radical (unpaired) electrons. The standard InChI is InChI=1S/C17H27NO2S/c1-3-20-17(19)16(15-11-7-6-8-12-15)18-13-9-4-5-10-14-21-2/h6-8,11-12,16,18H,3-5,9-10,13-14H2,1-2H3. The van der Waals surface area contributed by atoms with E-state index in [1.54, 1.807) is 0 Å². The van der Waals surface area contributed by atoms with Crippen molar-refractivity contribution in [3.05, 3.63) is 35.9 Å². The maximum absolute atomic E-state index is 12.1. The Balaban J connectivity index is 2.38. The van der Waals surface area contributed by atoms with Crippen molar-refractivity contribution in [2.45, 2.75) is 38.6 Å². The molecule has 0 aliphatic rings. The van der Waals surface area contributed by atoms with Crippen molar-refractivity contribution in [2.24, 2.45) is 0 Å². The van der Waals surface area contributed by atoms with Gasteiger partial charge in [-0.3, -0.25) is 0 Å². The minimum atomic E-state index is -0.350. The first kappa shape index (κ1) is 18.1. The van der Waals surface area contributed by atoms with Gasteiger partial charge in [0.15, 0.2) is 0 Å². The zero-order valence-corrected chi connectivity index (χ0v) is 14.0. The van der Waals surface area contributed by atoms with Gasteiger partial charge in [-0.25, -0.2) is 4.79 Å². The second-order valence-corrected chi connectivity index (χ2v) is 5.94. The molecule has 0 saturated carbocycles. The summed E-state index contributed by atoms with van der Waals surface area (Å²) in [6.45, 7) is 3.10. The summed E-state index contributed by atoms with van der Waals surface area (Å²) in [4.78, 5) is 12.1. The SMILES string of the molecule is CCOC(=O)C(NCCCCCCSC)c1ccccc1. The molecule has 0 aromatic heterocycles. The Kier molecular flexibility index (Phi) is 10.0. The van der Waals surface area contributed by atoms with Crippen LogP contribution in [0.4, 0.5) is 0 Å². The highest BCUT2D eigenvalue weighted by atomic mass is 32.2. The van der Waals surface area contributed by atoms with Crippen LogP contribution in [-0.2, 0) is 9.53 Å². The summed E-state index contributed by atoms with van der Waals surface area (Å²) in [7, 11) is 0.